The Kier molecular flexibility index (Phi) is 2.90. The van der Waals surface area contributed by atoms with Gasteiger partial charge in [-0.2, -0.15) is 0 Å². The van der Waals surface area contributed by atoms with E-state index in [1.807, 2.05) is 63.2 Å². The van der Waals surface area contributed by atoms with Gasteiger partial charge < -0.3 is 0 Å². The van der Waals surface area contributed by atoms with Crippen molar-refractivity contribution in [2.24, 2.45) is 0 Å². The lowest BCUT2D eigenvalue weighted by molar-refractivity contribution is 0.887. The number of nitrogens with zero attached hydrogens (tertiary/aromatic N) is 2. The third-order valence-corrected chi connectivity index (χ3v) is 3.55. The zero-order chi connectivity index (χ0) is 14.3. The van der Waals surface area contributed by atoms with Gasteiger partial charge in [-0.05, 0) is 44.5 Å². The van der Waals surface area contributed by atoms with Gasteiger partial charge in [0, 0.05) is 0 Å². The number of hydrogen-bond acceptors (Lipinski definition) is 2. The van der Waals surface area contributed by atoms with Crippen LogP contribution >= 0.6 is 0 Å². The molecule has 0 radical (unpaired) electrons. The van der Waals surface area contributed by atoms with Crippen LogP contribution in [0.1, 0.15) is 17.0 Å². The van der Waals surface area contributed by atoms with Crippen LogP contribution in [0.15, 0.2) is 47.3 Å². The first-order chi connectivity index (χ1) is 9.58. The number of fused-ring (bicyclic) bond motifs is 1. The molecule has 0 saturated heterocycles. The largest absolute Gasteiger partial charge is 0.268 e. The van der Waals surface area contributed by atoms with E-state index in [-0.39, 0.29) is 5.56 Å². The van der Waals surface area contributed by atoms with Gasteiger partial charge in [0.1, 0.15) is 5.82 Å². The lowest BCUT2D eigenvalue weighted by atomic mass is 10.1. The Morgan fingerprint density at radius 3 is 2.50 bits per heavy atom. The molecule has 3 aromatic rings. The van der Waals surface area contributed by atoms with Crippen molar-refractivity contribution in [3.05, 3.63) is 69.8 Å². The summed E-state index contributed by atoms with van der Waals surface area (Å²) in [6.07, 6.45) is 0. The van der Waals surface area contributed by atoms with Gasteiger partial charge >= 0.3 is 0 Å². The van der Waals surface area contributed by atoms with E-state index in [2.05, 4.69) is 4.98 Å². The number of aromatic nitrogens is 2. The zero-order valence-corrected chi connectivity index (χ0v) is 11.8. The molecule has 1 heterocycles. The first-order valence-corrected chi connectivity index (χ1v) is 6.64. The molecule has 0 aliphatic carbocycles. The van der Waals surface area contributed by atoms with E-state index in [1.54, 1.807) is 4.57 Å². The van der Waals surface area contributed by atoms with Gasteiger partial charge in [-0.25, -0.2) is 4.98 Å². The molecule has 20 heavy (non-hydrogen) atoms. The molecule has 0 atom stereocenters. The van der Waals surface area contributed by atoms with Crippen molar-refractivity contribution in [3.8, 4) is 5.69 Å². The molecule has 3 nitrogen and oxygen atoms in total. The summed E-state index contributed by atoms with van der Waals surface area (Å²) < 4.78 is 1.69. The van der Waals surface area contributed by atoms with Crippen LogP contribution in [0.3, 0.4) is 0 Å². The molecule has 2 aromatic carbocycles. The number of aryl methyl sites for hydroxylation is 3. The minimum atomic E-state index is -0.00880. The fourth-order valence-electron chi connectivity index (χ4n) is 2.51. The van der Waals surface area contributed by atoms with Crippen molar-refractivity contribution < 1.29 is 0 Å². The van der Waals surface area contributed by atoms with E-state index in [0.29, 0.717) is 11.2 Å². The maximum absolute atomic E-state index is 12.8. The summed E-state index contributed by atoms with van der Waals surface area (Å²) in [6, 6.07) is 13.6. The van der Waals surface area contributed by atoms with Crippen molar-refractivity contribution in [1.29, 1.82) is 0 Å². The first-order valence-electron chi connectivity index (χ1n) is 6.64. The minimum absolute atomic E-state index is 0.00880. The second-order valence-electron chi connectivity index (χ2n) is 5.11. The summed E-state index contributed by atoms with van der Waals surface area (Å²) in [6.45, 7) is 5.85. The predicted molar refractivity (Wildman–Crippen MR) is 81.6 cm³/mol. The Balaban J connectivity index is 2.43. The van der Waals surface area contributed by atoms with E-state index >= 15 is 0 Å². The smallest absolute Gasteiger partial charge is 0.265 e. The summed E-state index contributed by atoms with van der Waals surface area (Å²) in [5.41, 5.74) is 3.77. The molecule has 0 fully saturated rings. The van der Waals surface area contributed by atoms with Crippen LogP contribution in [0.2, 0.25) is 0 Å². The van der Waals surface area contributed by atoms with Crippen molar-refractivity contribution in [2.75, 3.05) is 0 Å². The van der Waals surface area contributed by atoms with Crippen LogP contribution in [0, 0.1) is 20.8 Å². The Labute approximate surface area is 117 Å². The first kappa shape index (κ1) is 12.6. The third kappa shape index (κ3) is 1.92. The van der Waals surface area contributed by atoms with Gasteiger partial charge in [-0.1, -0.05) is 29.8 Å². The molecule has 3 heteroatoms. The van der Waals surface area contributed by atoms with Crippen LogP contribution < -0.4 is 5.56 Å². The van der Waals surface area contributed by atoms with Gasteiger partial charge in [0.15, 0.2) is 0 Å². The van der Waals surface area contributed by atoms with Crippen LogP contribution in [0.25, 0.3) is 16.6 Å². The molecule has 0 aliphatic rings. The van der Waals surface area contributed by atoms with E-state index in [9.17, 15) is 4.79 Å². The lowest BCUT2D eigenvalue weighted by Gasteiger charge is -2.13. The highest BCUT2D eigenvalue weighted by molar-refractivity contribution is 5.78. The topological polar surface area (TPSA) is 34.9 Å². The van der Waals surface area contributed by atoms with Gasteiger partial charge in [0.2, 0.25) is 0 Å². The highest BCUT2D eigenvalue weighted by atomic mass is 16.1. The fourth-order valence-corrected chi connectivity index (χ4v) is 2.51. The van der Waals surface area contributed by atoms with Gasteiger partial charge in [-0.3, -0.25) is 9.36 Å². The quantitative estimate of drug-likeness (QED) is 0.676. The van der Waals surface area contributed by atoms with Crippen LogP contribution in [-0.4, -0.2) is 9.55 Å². The maximum Gasteiger partial charge on any atom is 0.265 e. The Morgan fingerprint density at radius 1 is 1.00 bits per heavy atom. The molecular weight excluding hydrogens is 248 g/mol. The molecule has 0 aliphatic heterocycles. The third-order valence-electron chi connectivity index (χ3n) is 3.55. The molecule has 1 aromatic heterocycles. The molecule has 0 spiro atoms. The van der Waals surface area contributed by atoms with E-state index in [4.69, 9.17) is 0 Å². The zero-order valence-electron chi connectivity index (χ0n) is 11.8. The molecule has 0 saturated carbocycles. The second kappa shape index (κ2) is 4.60. The Hall–Kier alpha value is -2.42. The number of benzene rings is 2. The van der Waals surface area contributed by atoms with Crippen LogP contribution in [0.4, 0.5) is 0 Å². The standard InChI is InChI=1S/C17H16N2O/c1-11-8-9-15-14(10-11)17(20)19(13(3)18-15)16-7-5-4-6-12(16)2/h4-10H,1-3H3. The van der Waals surface area contributed by atoms with E-state index < -0.39 is 0 Å². The second-order valence-corrected chi connectivity index (χ2v) is 5.11. The van der Waals surface area contributed by atoms with Crippen LogP contribution in [-0.2, 0) is 0 Å². The average Bonchev–Trinajstić information content (AvgIpc) is 2.42. The molecule has 0 N–H and O–H groups in total. The predicted octanol–water partition coefficient (Wildman–Crippen LogP) is 3.31. The Bertz CT molecular complexity index is 862. The van der Waals surface area contributed by atoms with Gasteiger partial charge in [0.25, 0.3) is 5.56 Å². The fraction of sp³-hybridized carbons (Fsp3) is 0.176. The molecule has 0 bridgehead atoms. The minimum Gasteiger partial charge on any atom is -0.268 e. The maximum atomic E-state index is 12.8. The van der Waals surface area contributed by atoms with Crippen molar-refractivity contribution in [3.63, 3.8) is 0 Å². The molecule has 0 amide bonds. The SMILES string of the molecule is Cc1ccc2nc(C)n(-c3ccccc3C)c(=O)c2c1. The summed E-state index contributed by atoms with van der Waals surface area (Å²) in [7, 11) is 0. The lowest BCUT2D eigenvalue weighted by Crippen LogP contribution is -2.23. The van der Waals surface area contributed by atoms with E-state index in [0.717, 1.165) is 22.3 Å². The average molecular weight is 264 g/mol. The van der Waals surface area contributed by atoms with Crippen LogP contribution in [0.5, 0.6) is 0 Å². The molecule has 0 unspecified atom stereocenters. The Morgan fingerprint density at radius 2 is 1.75 bits per heavy atom. The summed E-state index contributed by atoms with van der Waals surface area (Å²) in [5, 5.41) is 0.666. The highest BCUT2D eigenvalue weighted by Crippen LogP contribution is 2.16. The molecule has 3 rings (SSSR count). The van der Waals surface area contributed by atoms with Gasteiger partial charge in [-0.15, -0.1) is 0 Å². The molecule has 100 valence electrons. The molecular formula is C17H16N2O. The van der Waals surface area contributed by atoms with E-state index in [1.165, 1.54) is 0 Å². The summed E-state index contributed by atoms with van der Waals surface area (Å²) >= 11 is 0. The number of rotatable bonds is 1. The monoisotopic (exact) mass is 264 g/mol. The van der Waals surface area contributed by atoms with Crippen molar-refractivity contribution >= 4 is 10.9 Å². The number of para-hydroxylation sites is 1. The van der Waals surface area contributed by atoms with Gasteiger partial charge in [0.05, 0.1) is 16.6 Å². The van der Waals surface area contributed by atoms with Crippen molar-refractivity contribution in [1.82, 2.24) is 9.55 Å². The van der Waals surface area contributed by atoms with Crippen molar-refractivity contribution in [2.45, 2.75) is 20.8 Å². The summed E-state index contributed by atoms with van der Waals surface area (Å²) in [4.78, 5) is 17.3. The highest BCUT2D eigenvalue weighted by Gasteiger charge is 2.11. The summed E-state index contributed by atoms with van der Waals surface area (Å²) in [5.74, 6) is 0.709. The number of hydrogen-bond donors (Lipinski definition) is 0. The normalized spacial score (nSPS) is 10.9.